The number of carbonyl (C=O) groups excluding carboxylic acids is 2. The number of amides is 2. The summed E-state index contributed by atoms with van der Waals surface area (Å²) < 4.78 is 5.21. The van der Waals surface area contributed by atoms with Gasteiger partial charge in [0.05, 0.1) is 13.0 Å². The summed E-state index contributed by atoms with van der Waals surface area (Å²) in [5.74, 6) is 0.573. The van der Waals surface area contributed by atoms with Gasteiger partial charge in [0.15, 0.2) is 0 Å². The summed E-state index contributed by atoms with van der Waals surface area (Å²) in [6.07, 6.45) is 4.77. The number of fused-ring (bicyclic) bond motifs is 1. The van der Waals surface area contributed by atoms with Gasteiger partial charge in [0.25, 0.3) is 0 Å². The number of hydrogen-bond donors (Lipinski definition) is 2. The number of aromatic nitrogens is 1. The van der Waals surface area contributed by atoms with Gasteiger partial charge in [-0.1, -0.05) is 24.3 Å². The molecular formula is C24H27N3O3. The number of anilines is 1. The molecule has 156 valence electrons. The van der Waals surface area contributed by atoms with Gasteiger partial charge in [-0.3, -0.25) is 9.59 Å². The number of hydrogen-bond acceptors (Lipinski definition) is 3. The molecule has 0 saturated carbocycles. The van der Waals surface area contributed by atoms with Gasteiger partial charge in [-0.15, -0.1) is 0 Å². The molecule has 0 bridgehead atoms. The summed E-state index contributed by atoms with van der Waals surface area (Å²) in [4.78, 5) is 30.6. The summed E-state index contributed by atoms with van der Waals surface area (Å²) in [5.41, 5.74) is 2.96. The Balaban J connectivity index is 1.33. The minimum Gasteiger partial charge on any atom is -0.497 e. The molecule has 0 aliphatic carbocycles. The van der Waals surface area contributed by atoms with Crippen molar-refractivity contribution in [2.75, 3.05) is 25.5 Å². The Hall–Kier alpha value is -3.28. The lowest BCUT2D eigenvalue weighted by molar-refractivity contribution is -0.134. The van der Waals surface area contributed by atoms with E-state index < -0.39 is 0 Å². The van der Waals surface area contributed by atoms with Crippen molar-refractivity contribution in [1.82, 2.24) is 9.88 Å². The second kappa shape index (κ2) is 9.03. The van der Waals surface area contributed by atoms with Crippen LogP contribution in [0.25, 0.3) is 10.9 Å². The van der Waals surface area contributed by atoms with Gasteiger partial charge in [-0.2, -0.15) is 0 Å². The Morgan fingerprint density at radius 1 is 1.20 bits per heavy atom. The van der Waals surface area contributed by atoms with Crippen LogP contribution in [0, 0.1) is 5.92 Å². The zero-order valence-corrected chi connectivity index (χ0v) is 17.2. The van der Waals surface area contributed by atoms with Crippen molar-refractivity contribution in [2.45, 2.75) is 25.7 Å². The van der Waals surface area contributed by atoms with Gasteiger partial charge in [0.2, 0.25) is 11.8 Å². The number of likely N-dealkylation sites (tertiary alicyclic amines) is 1. The van der Waals surface area contributed by atoms with Gasteiger partial charge < -0.3 is 19.9 Å². The maximum atomic E-state index is 12.8. The predicted octanol–water partition coefficient (Wildman–Crippen LogP) is 3.99. The molecule has 3 aromatic rings. The average Bonchev–Trinajstić information content (AvgIpc) is 3.21. The molecule has 1 saturated heterocycles. The molecule has 6 heteroatoms. The van der Waals surface area contributed by atoms with Crippen molar-refractivity contribution in [3.8, 4) is 5.75 Å². The van der Waals surface area contributed by atoms with Crippen LogP contribution < -0.4 is 10.1 Å². The molecule has 2 aromatic carbocycles. The van der Waals surface area contributed by atoms with Crippen molar-refractivity contribution in [3.63, 3.8) is 0 Å². The number of benzene rings is 2. The number of para-hydroxylation sites is 1. The van der Waals surface area contributed by atoms with E-state index in [1.165, 1.54) is 5.39 Å². The fraction of sp³-hybridized carbons (Fsp3) is 0.333. The van der Waals surface area contributed by atoms with Crippen molar-refractivity contribution in [2.24, 2.45) is 5.92 Å². The number of H-pyrrole nitrogens is 1. The lowest BCUT2D eigenvalue weighted by Crippen LogP contribution is -2.43. The van der Waals surface area contributed by atoms with E-state index in [-0.39, 0.29) is 17.7 Å². The second-order valence-electron chi connectivity index (χ2n) is 7.76. The highest BCUT2D eigenvalue weighted by Crippen LogP contribution is 2.23. The number of aromatic amines is 1. The average molecular weight is 405 g/mol. The van der Waals surface area contributed by atoms with Crippen LogP contribution in [0.5, 0.6) is 5.75 Å². The Kier molecular flexibility index (Phi) is 6.02. The smallest absolute Gasteiger partial charge is 0.229 e. The molecule has 1 aromatic heterocycles. The molecule has 2 amide bonds. The van der Waals surface area contributed by atoms with E-state index in [0.717, 1.165) is 30.5 Å². The monoisotopic (exact) mass is 405 g/mol. The molecule has 1 aliphatic rings. The van der Waals surface area contributed by atoms with Crippen LogP contribution in [0.4, 0.5) is 5.69 Å². The van der Waals surface area contributed by atoms with E-state index >= 15 is 0 Å². The first kappa shape index (κ1) is 20.0. The first-order valence-electron chi connectivity index (χ1n) is 10.4. The molecule has 4 rings (SSSR count). The van der Waals surface area contributed by atoms with Crippen molar-refractivity contribution < 1.29 is 14.3 Å². The Labute approximate surface area is 176 Å². The third-order valence-electron chi connectivity index (χ3n) is 5.77. The molecule has 1 atom stereocenters. The SMILES string of the molecule is COc1cccc(NC(=O)[C@@H]2CCCN(C(=O)CCc3c[nH]c4ccccc34)C2)c1. The lowest BCUT2D eigenvalue weighted by atomic mass is 9.96. The first-order valence-corrected chi connectivity index (χ1v) is 10.4. The molecule has 30 heavy (non-hydrogen) atoms. The third-order valence-corrected chi connectivity index (χ3v) is 5.77. The van der Waals surface area contributed by atoms with Gasteiger partial charge in [0, 0.05) is 48.4 Å². The molecule has 0 radical (unpaired) electrons. The Morgan fingerprint density at radius 3 is 2.93 bits per heavy atom. The molecular weight excluding hydrogens is 378 g/mol. The molecule has 1 aliphatic heterocycles. The fourth-order valence-electron chi connectivity index (χ4n) is 4.10. The number of piperidine rings is 1. The van der Waals surface area contributed by atoms with Crippen molar-refractivity contribution in [1.29, 1.82) is 0 Å². The number of rotatable bonds is 6. The van der Waals surface area contributed by atoms with Gasteiger partial charge in [-0.05, 0) is 43.0 Å². The molecule has 2 heterocycles. The number of carbonyl (C=O) groups is 2. The van der Waals surface area contributed by atoms with Gasteiger partial charge in [0.1, 0.15) is 5.75 Å². The normalized spacial score (nSPS) is 16.4. The number of nitrogens with zero attached hydrogens (tertiary/aromatic N) is 1. The quantitative estimate of drug-likeness (QED) is 0.651. The second-order valence-corrected chi connectivity index (χ2v) is 7.76. The lowest BCUT2D eigenvalue weighted by Gasteiger charge is -2.32. The highest BCUT2D eigenvalue weighted by atomic mass is 16.5. The van der Waals surface area contributed by atoms with Crippen molar-refractivity contribution >= 4 is 28.4 Å². The molecule has 2 N–H and O–H groups in total. The van der Waals surface area contributed by atoms with E-state index in [1.54, 1.807) is 13.2 Å². The topological polar surface area (TPSA) is 74.4 Å². The van der Waals surface area contributed by atoms with E-state index in [9.17, 15) is 9.59 Å². The van der Waals surface area contributed by atoms with E-state index in [2.05, 4.69) is 16.4 Å². The molecule has 6 nitrogen and oxygen atoms in total. The maximum Gasteiger partial charge on any atom is 0.229 e. The first-order chi connectivity index (χ1) is 14.6. The highest BCUT2D eigenvalue weighted by Gasteiger charge is 2.28. The van der Waals surface area contributed by atoms with Crippen LogP contribution in [-0.2, 0) is 16.0 Å². The zero-order valence-electron chi connectivity index (χ0n) is 17.2. The van der Waals surface area contributed by atoms with Crippen LogP contribution >= 0.6 is 0 Å². The highest BCUT2D eigenvalue weighted by molar-refractivity contribution is 5.93. The van der Waals surface area contributed by atoms with Crippen LogP contribution in [0.15, 0.2) is 54.7 Å². The summed E-state index contributed by atoms with van der Waals surface area (Å²) in [6.45, 7) is 1.19. The number of nitrogens with one attached hydrogen (secondary N) is 2. The minimum atomic E-state index is -0.193. The number of aryl methyl sites for hydroxylation is 1. The van der Waals surface area contributed by atoms with E-state index in [1.807, 2.05) is 47.5 Å². The fourth-order valence-corrected chi connectivity index (χ4v) is 4.10. The maximum absolute atomic E-state index is 12.8. The summed E-state index contributed by atoms with van der Waals surface area (Å²) in [5, 5.41) is 4.13. The van der Waals surface area contributed by atoms with Crippen LogP contribution in [-0.4, -0.2) is 41.9 Å². The molecule has 0 spiro atoms. The predicted molar refractivity (Wildman–Crippen MR) is 118 cm³/mol. The molecule has 0 unspecified atom stereocenters. The summed E-state index contributed by atoms with van der Waals surface area (Å²) in [6, 6.07) is 15.4. The Morgan fingerprint density at radius 2 is 2.07 bits per heavy atom. The summed E-state index contributed by atoms with van der Waals surface area (Å²) in [7, 11) is 1.60. The number of methoxy groups -OCH3 is 1. The Bertz CT molecular complexity index is 1040. The number of ether oxygens (including phenoxy) is 1. The van der Waals surface area contributed by atoms with Crippen LogP contribution in [0.3, 0.4) is 0 Å². The van der Waals surface area contributed by atoms with E-state index in [0.29, 0.717) is 30.8 Å². The van der Waals surface area contributed by atoms with Gasteiger partial charge >= 0.3 is 0 Å². The third kappa shape index (κ3) is 4.48. The zero-order chi connectivity index (χ0) is 20.9. The minimum absolute atomic E-state index is 0.0441. The largest absolute Gasteiger partial charge is 0.497 e. The van der Waals surface area contributed by atoms with E-state index in [4.69, 9.17) is 4.74 Å². The summed E-state index contributed by atoms with van der Waals surface area (Å²) >= 11 is 0. The standard InChI is InChI=1S/C24H27N3O3/c1-30-20-8-4-7-19(14-20)26-24(29)18-6-5-13-27(16-18)23(28)12-11-17-15-25-22-10-3-2-9-21(17)22/h2-4,7-10,14-15,18,25H,5-6,11-13,16H2,1H3,(H,26,29)/t18-/m1/s1. The van der Waals surface area contributed by atoms with Crippen molar-refractivity contribution in [3.05, 3.63) is 60.3 Å². The van der Waals surface area contributed by atoms with Crippen LogP contribution in [0.1, 0.15) is 24.8 Å². The van der Waals surface area contributed by atoms with Gasteiger partial charge in [-0.25, -0.2) is 0 Å². The van der Waals surface area contributed by atoms with Crippen LogP contribution in [0.2, 0.25) is 0 Å². The molecule has 1 fully saturated rings.